The molecule has 0 bridgehead atoms. The van der Waals surface area contributed by atoms with E-state index in [-0.39, 0.29) is 0 Å². The van der Waals surface area contributed by atoms with Gasteiger partial charge >= 0.3 is 0 Å². The molecule has 4 nitrogen and oxygen atoms in total. The highest BCUT2D eigenvalue weighted by atomic mass is 15.3. The van der Waals surface area contributed by atoms with E-state index in [2.05, 4.69) is 16.1 Å². The van der Waals surface area contributed by atoms with Crippen LogP contribution in [0.5, 0.6) is 0 Å². The predicted molar refractivity (Wildman–Crippen MR) is 73.6 cm³/mol. The fraction of sp³-hybridized carbons (Fsp3) is 0.733. The molecular formula is C15H22N4. The number of nitriles is 1. The highest BCUT2D eigenvalue weighted by molar-refractivity contribution is 5.22. The molecule has 1 aliphatic heterocycles. The zero-order valence-electron chi connectivity index (χ0n) is 11.5. The summed E-state index contributed by atoms with van der Waals surface area (Å²) in [7, 11) is 0. The maximum Gasteiger partial charge on any atom is 0.102 e. The lowest BCUT2D eigenvalue weighted by atomic mass is 9.89. The molecule has 0 aromatic carbocycles. The molecule has 2 heterocycles. The van der Waals surface area contributed by atoms with Crippen LogP contribution in [0, 0.1) is 17.2 Å². The number of nitrogens with zero attached hydrogens (tertiary/aromatic N) is 4. The second-order valence-corrected chi connectivity index (χ2v) is 6.03. The van der Waals surface area contributed by atoms with Gasteiger partial charge in [-0.15, -0.1) is 0 Å². The van der Waals surface area contributed by atoms with Crippen molar-refractivity contribution >= 4 is 0 Å². The van der Waals surface area contributed by atoms with Gasteiger partial charge < -0.3 is 4.90 Å². The van der Waals surface area contributed by atoms with E-state index >= 15 is 0 Å². The molecule has 19 heavy (non-hydrogen) atoms. The lowest BCUT2D eigenvalue weighted by Crippen LogP contribution is -2.29. The van der Waals surface area contributed by atoms with Crippen molar-refractivity contribution in [3.05, 3.63) is 18.0 Å². The minimum Gasteiger partial charge on any atom is -0.301 e. The van der Waals surface area contributed by atoms with Crippen molar-refractivity contribution < 1.29 is 0 Å². The van der Waals surface area contributed by atoms with Crippen molar-refractivity contribution in [1.82, 2.24) is 14.7 Å². The van der Waals surface area contributed by atoms with Crippen molar-refractivity contribution in [1.29, 1.82) is 5.26 Å². The Bertz CT molecular complexity index is 453. The van der Waals surface area contributed by atoms with Crippen molar-refractivity contribution in [3.8, 4) is 6.07 Å². The van der Waals surface area contributed by atoms with Gasteiger partial charge in [0.2, 0.25) is 0 Å². The summed E-state index contributed by atoms with van der Waals surface area (Å²) >= 11 is 0. The number of aromatic nitrogens is 2. The number of hydrogen-bond acceptors (Lipinski definition) is 3. The van der Waals surface area contributed by atoms with E-state index in [0.717, 1.165) is 12.5 Å². The molecule has 0 amide bonds. The minimum absolute atomic E-state index is 0.464. The van der Waals surface area contributed by atoms with Gasteiger partial charge in [-0.3, -0.25) is 4.68 Å². The zero-order valence-corrected chi connectivity index (χ0v) is 11.5. The SMILES string of the molecule is N#Cc1cnn(C2CCN(CC3CCCCC3)C2)c1. The number of likely N-dealkylation sites (tertiary alicyclic amines) is 1. The molecule has 102 valence electrons. The number of hydrogen-bond donors (Lipinski definition) is 0. The second-order valence-electron chi connectivity index (χ2n) is 6.03. The van der Waals surface area contributed by atoms with Crippen molar-refractivity contribution in [2.24, 2.45) is 5.92 Å². The van der Waals surface area contributed by atoms with Crippen molar-refractivity contribution in [2.75, 3.05) is 19.6 Å². The average molecular weight is 258 g/mol. The highest BCUT2D eigenvalue weighted by Gasteiger charge is 2.26. The van der Waals surface area contributed by atoms with Crippen LogP contribution in [0.25, 0.3) is 0 Å². The van der Waals surface area contributed by atoms with Gasteiger partial charge in [-0.2, -0.15) is 10.4 Å². The highest BCUT2D eigenvalue weighted by Crippen LogP contribution is 2.28. The largest absolute Gasteiger partial charge is 0.301 e. The Labute approximate surface area is 115 Å². The van der Waals surface area contributed by atoms with Gasteiger partial charge in [0.05, 0.1) is 17.8 Å². The number of rotatable bonds is 3. The molecule has 0 spiro atoms. The van der Waals surface area contributed by atoms with Crippen LogP contribution in [0.3, 0.4) is 0 Å². The van der Waals surface area contributed by atoms with Gasteiger partial charge in [-0.05, 0) is 25.2 Å². The minimum atomic E-state index is 0.464. The van der Waals surface area contributed by atoms with E-state index in [4.69, 9.17) is 5.26 Å². The Balaban J connectivity index is 1.53. The van der Waals surface area contributed by atoms with E-state index in [1.54, 1.807) is 6.20 Å². The Morgan fingerprint density at radius 3 is 2.84 bits per heavy atom. The van der Waals surface area contributed by atoms with Crippen LogP contribution >= 0.6 is 0 Å². The lowest BCUT2D eigenvalue weighted by Gasteiger charge is -2.26. The summed E-state index contributed by atoms with van der Waals surface area (Å²) in [6.45, 7) is 3.55. The second kappa shape index (κ2) is 5.75. The summed E-state index contributed by atoms with van der Waals surface area (Å²) in [5.41, 5.74) is 0.672. The topological polar surface area (TPSA) is 44.9 Å². The van der Waals surface area contributed by atoms with Gasteiger partial charge in [-0.25, -0.2) is 0 Å². The summed E-state index contributed by atoms with van der Waals surface area (Å²) in [4.78, 5) is 2.59. The molecular weight excluding hydrogens is 236 g/mol. The van der Waals surface area contributed by atoms with Gasteiger partial charge in [-0.1, -0.05) is 19.3 Å². The van der Waals surface area contributed by atoms with Crippen molar-refractivity contribution in [3.63, 3.8) is 0 Å². The third-order valence-electron chi connectivity index (χ3n) is 4.59. The molecule has 1 saturated heterocycles. The Morgan fingerprint density at radius 1 is 1.26 bits per heavy atom. The van der Waals surface area contributed by atoms with Crippen LogP contribution in [0.1, 0.15) is 50.1 Å². The monoisotopic (exact) mass is 258 g/mol. The van der Waals surface area contributed by atoms with Crippen LogP contribution in [0.2, 0.25) is 0 Å². The molecule has 0 N–H and O–H groups in total. The van der Waals surface area contributed by atoms with Gasteiger partial charge in [0.25, 0.3) is 0 Å². The first-order chi connectivity index (χ1) is 9.35. The van der Waals surface area contributed by atoms with E-state index in [1.807, 2.05) is 10.9 Å². The normalized spacial score (nSPS) is 25.5. The van der Waals surface area contributed by atoms with Gasteiger partial charge in [0.1, 0.15) is 6.07 Å². The molecule has 0 radical (unpaired) electrons. The first-order valence-electron chi connectivity index (χ1n) is 7.52. The van der Waals surface area contributed by atoms with Crippen LogP contribution < -0.4 is 0 Å². The molecule has 1 atom stereocenters. The fourth-order valence-electron chi connectivity index (χ4n) is 3.52. The lowest BCUT2D eigenvalue weighted by molar-refractivity contribution is 0.227. The first-order valence-corrected chi connectivity index (χ1v) is 7.52. The van der Waals surface area contributed by atoms with E-state index < -0.39 is 0 Å². The molecule has 2 fully saturated rings. The quantitative estimate of drug-likeness (QED) is 0.837. The third-order valence-corrected chi connectivity index (χ3v) is 4.59. The Kier molecular flexibility index (Phi) is 3.84. The maximum atomic E-state index is 8.85. The molecule has 3 rings (SSSR count). The fourth-order valence-corrected chi connectivity index (χ4v) is 3.52. The summed E-state index contributed by atoms with van der Waals surface area (Å²) in [5.74, 6) is 0.916. The molecule has 4 heteroatoms. The average Bonchev–Trinajstić information content (AvgIpc) is 3.08. The van der Waals surface area contributed by atoms with Gasteiger partial charge in [0, 0.05) is 25.8 Å². The first kappa shape index (κ1) is 12.7. The molecule has 2 aliphatic rings. The Hall–Kier alpha value is -1.34. The van der Waals surface area contributed by atoms with Gasteiger partial charge in [0.15, 0.2) is 0 Å². The van der Waals surface area contributed by atoms with E-state index in [0.29, 0.717) is 11.6 Å². The molecule has 1 unspecified atom stereocenters. The Morgan fingerprint density at radius 2 is 2.11 bits per heavy atom. The molecule has 1 saturated carbocycles. The standard InChI is InChI=1S/C15H22N4/c16-8-14-9-17-19(11-14)15-6-7-18(12-15)10-13-4-2-1-3-5-13/h9,11,13,15H,1-7,10,12H2. The van der Waals surface area contributed by atoms with E-state index in [9.17, 15) is 0 Å². The predicted octanol–water partition coefficient (Wildman–Crippen LogP) is 2.58. The van der Waals surface area contributed by atoms with E-state index in [1.165, 1.54) is 51.6 Å². The summed E-state index contributed by atoms with van der Waals surface area (Å²) in [6, 6.07) is 2.61. The molecule has 1 aromatic heterocycles. The third kappa shape index (κ3) is 2.98. The smallest absolute Gasteiger partial charge is 0.102 e. The summed E-state index contributed by atoms with van der Waals surface area (Å²) in [5, 5.41) is 13.2. The van der Waals surface area contributed by atoms with Crippen LogP contribution in [-0.4, -0.2) is 34.3 Å². The molecule has 1 aliphatic carbocycles. The van der Waals surface area contributed by atoms with Crippen LogP contribution in [0.4, 0.5) is 0 Å². The summed E-state index contributed by atoms with van der Waals surface area (Å²) in [6.07, 6.45) is 11.8. The van der Waals surface area contributed by atoms with Crippen LogP contribution in [0.15, 0.2) is 12.4 Å². The van der Waals surface area contributed by atoms with Crippen LogP contribution in [-0.2, 0) is 0 Å². The maximum absolute atomic E-state index is 8.85. The summed E-state index contributed by atoms with van der Waals surface area (Å²) < 4.78 is 1.99. The van der Waals surface area contributed by atoms with Crippen molar-refractivity contribution in [2.45, 2.75) is 44.6 Å². The molecule has 1 aromatic rings. The zero-order chi connectivity index (χ0) is 13.1.